The molecule has 2 unspecified atom stereocenters. The molecule has 6 nitrogen and oxygen atoms in total. The van der Waals surface area contributed by atoms with Crippen LogP contribution in [0.2, 0.25) is 0 Å². The number of nitrogens with zero attached hydrogens (tertiary/aromatic N) is 3. The molecular formula is C24H23FN4O2. The second kappa shape index (κ2) is 8.07. The largest absolute Gasteiger partial charge is 0.360 e. The maximum absolute atomic E-state index is 13.5. The number of rotatable bonds is 5. The summed E-state index contributed by atoms with van der Waals surface area (Å²) in [6.07, 6.45) is 3.65. The van der Waals surface area contributed by atoms with Gasteiger partial charge in [-0.25, -0.2) is 4.39 Å². The molecule has 4 aromatic rings. The van der Waals surface area contributed by atoms with Gasteiger partial charge < -0.3 is 9.51 Å². The minimum atomic E-state index is -0.336. The Hall–Kier alpha value is -3.32. The highest BCUT2D eigenvalue weighted by Crippen LogP contribution is 2.30. The van der Waals surface area contributed by atoms with Gasteiger partial charge in [0.1, 0.15) is 5.82 Å². The van der Waals surface area contributed by atoms with Crippen LogP contribution in [0.3, 0.4) is 0 Å². The van der Waals surface area contributed by atoms with E-state index in [0.29, 0.717) is 23.8 Å². The molecule has 1 aliphatic rings. The molecule has 2 aromatic carbocycles. The van der Waals surface area contributed by atoms with Crippen LogP contribution in [0.1, 0.15) is 41.9 Å². The summed E-state index contributed by atoms with van der Waals surface area (Å²) in [4.78, 5) is 23.1. The van der Waals surface area contributed by atoms with E-state index in [4.69, 9.17) is 4.52 Å². The molecule has 0 saturated carbocycles. The van der Waals surface area contributed by atoms with Gasteiger partial charge in [0.2, 0.25) is 11.7 Å². The second-order valence-corrected chi connectivity index (χ2v) is 8.09. The topological polar surface area (TPSA) is 75.0 Å². The summed E-state index contributed by atoms with van der Waals surface area (Å²) in [5, 5.41) is 4.99. The molecule has 1 fully saturated rings. The smallest absolute Gasteiger partial charge is 0.231 e. The van der Waals surface area contributed by atoms with Crippen molar-refractivity contribution in [3.05, 3.63) is 72.0 Å². The summed E-state index contributed by atoms with van der Waals surface area (Å²) in [6.45, 7) is 3.47. The van der Waals surface area contributed by atoms with Crippen LogP contribution in [0.4, 0.5) is 4.39 Å². The Balaban J connectivity index is 1.33. The van der Waals surface area contributed by atoms with E-state index in [1.165, 1.54) is 12.1 Å². The van der Waals surface area contributed by atoms with Crippen molar-refractivity contribution in [2.24, 2.45) is 0 Å². The SMILES string of the molecule is CC(C(=O)c1c[nH]c2ccccc12)N1CCCC(c2nc(-c3cccc(F)c3)no2)C1. The molecule has 1 aliphatic heterocycles. The molecule has 0 amide bonds. The van der Waals surface area contributed by atoms with Crippen LogP contribution in [-0.2, 0) is 0 Å². The first-order valence-corrected chi connectivity index (χ1v) is 10.5. The van der Waals surface area contributed by atoms with Crippen LogP contribution in [0.15, 0.2) is 59.3 Å². The number of nitrogens with one attached hydrogen (secondary N) is 1. The van der Waals surface area contributed by atoms with E-state index in [1.54, 1.807) is 18.3 Å². The lowest BCUT2D eigenvalue weighted by atomic mass is 9.94. The number of para-hydroxylation sites is 1. The minimum Gasteiger partial charge on any atom is -0.360 e. The quantitative estimate of drug-likeness (QED) is 0.471. The number of hydrogen-bond donors (Lipinski definition) is 1. The fraction of sp³-hybridized carbons (Fsp3) is 0.292. The van der Waals surface area contributed by atoms with Gasteiger partial charge in [-0.3, -0.25) is 9.69 Å². The van der Waals surface area contributed by atoms with Gasteiger partial charge in [-0.05, 0) is 44.5 Å². The number of aromatic amines is 1. The Morgan fingerprint density at radius 1 is 1.26 bits per heavy atom. The molecule has 2 aromatic heterocycles. The first-order chi connectivity index (χ1) is 15.1. The number of aromatic nitrogens is 3. The fourth-order valence-corrected chi connectivity index (χ4v) is 4.37. The van der Waals surface area contributed by atoms with Crippen LogP contribution in [0.25, 0.3) is 22.3 Å². The normalized spacial score (nSPS) is 18.3. The van der Waals surface area contributed by atoms with Gasteiger partial charge in [0.25, 0.3) is 0 Å². The Morgan fingerprint density at radius 2 is 2.13 bits per heavy atom. The van der Waals surface area contributed by atoms with Crippen molar-refractivity contribution in [2.75, 3.05) is 13.1 Å². The number of piperidine rings is 1. The third-order valence-corrected chi connectivity index (χ3v) is 6.11. The molecule has 7 heteroatoms. The van der Waals surface area contributed by atoms with E-state index in [-0.39, 0.29) is 23.6 Å². The number of ketones is 1. The zero-order valence-electron chi connectivity index (χ0n) is 17.2. The third-order valence-electron chi connectivity index (χ3n) is 6.11. The zero-order chi connectivity index (χ0) is 21.4. The lowest BCUT2D eigenvalue weighted by Crippen LogP contribution is -2.44. The summed E-state index contributed by atoms with van der Waals surface area (Å²) in [5.74, 6) is 0.730. The number of Topliss-reactive ketones (excluding diaryl/α,β-unsaturated/α-hetero) is 1. The molecule has 3 heterocycles. The Labute approximate surface area is 179 Å². The lowest BCUT2D eigenvalue weighted by molar-refractivity contribution is 0.0779. The molecule has 158 valence electrons. The molecule has 1 N–H and O–H groups in total. The Kier molecular flexibility index (Phi) is 5.11. The van der Waals surface area contributed by atoms with Crippen molar-refractivity contribution >= 4 is 16.7 Å². The highest BCUT2D eigenvalue weighted by atomic mass is 19.1. The summed E-state index contributed by atoms with van der Waals surface area (Å²) in [6, 6.07) is 13.7. The van der Waals surface area contributed by atoms with E-state index >= 15 is 0 Å². The van der Waals surface area contributed by atoms with Crippen molar-refractivity contribution in [1.82, 2.24) is 20.0 Å². The van der Waals surface area contributed by atoms with Gasteiger partial charge in [-0.15, -0.1) is 0 Å². The van der Waals surface area contributed by atoms with Gasteiger partial charge in [-0.2, -0.15) is 4.98 Å². The molecule has 2 atom stereocenters. The van der Waals surface area contributed by atoms with Crippen LogP contribution < -0.4 is 0 Å². The average Bonchev–Trinajstić information content (AvgIpc) is 3.46. The molecule has 1 saturated heterocycles. The number of benzene rings is 2. The summed E-state index contributed by atoms with van der Waals surface area (Å²) < 4.78 is 19.0. The number of carbonyl (C=O) groups is 1. The van der Waals surface area contributed by atoms with Crippen molar-refractivity contribution in [3.63, 3.8) is 0 Å². The maximum Gasteiger partial charge on any atom is 0.231 e. The molecule has 0 radical (unpaired) electrons. The molecule has 0 bridgehead atoms. The second-order valence-electron chi connectivity index (χ2n) is 8.09. The molecule has 5 rings (SSSR count). The number of H-pyrrole nitrogens is 1. The predicted octanol–water partition coefficient (Wildman–Crippen LogP) is 4.81. The zero-order valence-corrected chi connectivity index (χ0v) is 17.2. The lowest BCUT2D eigenvalue weighted by Gasteiger charge is -2.34. The predicted molar refractivity (Wildman–Crippen MR) is 115 cm³/mol. The Bertz CT molecular complexity index is 1230. The number of likely N-dealkylation sites (tertiary alicyclic amines) is 1. The molecule has 0 aliphatic carbocycles. The summed E-state index contributed by atoms with van der Waals surface area (Å²) in [5.41, 5.74) is 2.27. The van der Waals surface area contributed by atoms with E-state index in [2.05, 4.69) is 20.0 Å². The van der Waals surface area contributed by atoms with Gasteiger partial charge in [0, 0.05) is 34.8 Å². The van der Waals surface area contributed by atoms with E-state index < -0.39 is 0 Å². The number of fused-ring (bicyclic) bond motifs is 1. The van der Waals surface area contributed by atoms with E-state index in [9.17, 15) is 9.18 Å². The van der Waals surface area contributed by atoms with Gasteiger partial charge in [-0.1, -0.05) is 35.5 Å². The van der Waals surface area contributed by atoms with Crippen LogP contribution in [0.5, 0.6) is 0 Å². The Morgan fingerprint density at radius 3 is 3.00 bits per heavy atom. The van der Waals surface area contributed by atoms with Crippen molar-refractivity contribution < 1.29 is 13.7 Å². The maximum atomic E-state index is 13.5. The molecule has 31 heavy (non-hydrogen) atoms. The van der Waals surface area contributed by atoms with Crippen LogP contribution in [0, 0.1) is 5.82 Å². The van der Waals surface area contributed by atoms with Crippen LogP contribution >= 0.6 is 0 Å². The van der Waals surface area contributed by atoms with E-state index in [1.807, 2.05) is 31.2 Å². The van der Waals surface area contributed by atoms with Crippen molar-refractivity contribution in [1.29, 1.82) is 0 Å². The van der Waals surface area contributed by atoms with E-state index in [0.717, 1.165) is 35.9 Å². The molecule has 0 spiro atoms. The van der Waals surface area contributed by atoms with Crippen LogP contribution in [-0.4, -0.2) is 44.9 Å². The average molecular weight is 418 g/mol. The first kappa shape index (κ1) is 19.6. The highest BCUT2D eigenvalue weighted by molar-refractivity contribution is 6.10. The minimum absolute atomic E-state index is 0.0433. The molecular weight excluding hydrogens is 395 g/mol. The number of halogens is 1. The summed E-state index contributed by atoms with van der Waals surface area (Å²) in [7, 11) is 0. The monoisotopic (exact) mass is 418 g/mol. The summed E-state index contributed by atoms with van der Waals surface area (Å²) >= 11 is 0. The third kappa shape index (κ3) is 3.77. The number of carbonyl (C=O) groups excluding carboxylic acids is 1. The van der Waals surface area contributed by atoms with Crippen molar-refractivity contribution in [3.8, 4) is 11.4 Å². The fourth-order valence-electron chi connectivity index (χ4n) is 4.37. The number of hydrogen-bond acceptors (Lipinski definition) is 5. The standard InChI is InChI=1S/C24H23FN4O2/c1-15(22(30)20-13-26-21-10-3-2-9-19(20)21)29-11-5-7-17(14-29)24-27-23(28-31-24)16-6-4-8-18(25)12-16/h2-4,6,8-10,12-13,15,17,26H,5,7,11,14H2,1H3. The first-order valence-electron chi connectivity index (χ1n) is 10.5. The van der Waals surface area contributed by atoms with Gasteiger partial charge >= 0.3 is 0 Å². The van der Waals surface area contributed by atoms with Gasteiger partial charge in [0.15, 0.2) is 5.78 Å². The van der Waals surface area contributed by atoms with Crippen molar-refractivity contribution in [2.45, 2.75) is 31.7 Å². The highest BCUT2D eigenvalue weighted by Gasteiger charge is 2.32. The van der Waals surface area contributed by atoms with Gasteiger partial charge in [0.05, 0.1) is 12.0 Å².